The Morgan fingerprint density at radius 3 is 2.76 bits per heavy atom. The predicted octanol–water partition coefficient (Wildman–Crippen LogP) is 4.20. The van der Waals surface area contributed by atoms with Gasteiger partial charge in [-0.05, 0) is 68.8 Å². The minimum atomic E-state index is -0.233. The molecule has 0 bridgehead atoms. The number of hydrogen-bond acceptors (Lipinski definition) is 2. The van der Waals surface area contributed by atoms with Crippen LogP contribution in [-0.4, -0.2) is 25.3 Å². The van der Waals surface area contributed by atoms with E-state index in [1.54, 1.807) is 12.1 Å². The van der Waals surface area contributed by atoms with Crippen LogP contribution in [0.15, 0.2) is 18.2 Å². The van der Waals surface area contributed by atoms with Crippen LogP contribution in [0.1, 0.15) is 38.7 Å². The predicted molar refractivity (Wildman–Crippen MR) is 85.3 cm³/mol. The van der Waals surface area contributed by atoms with E-state index < -0.39 is 0 Å². The molecule has 2 atom stereocenters. The Hall–Kier alpha value is -0.640. The van der Waals surface area contributed by atoms with Gasteiger partial charge < -0.3 is 10.1 Å². The molecule has 0 spiro atoms. The van der Waals surface area contributed by atoms with Gasteiger partial charge in [-0.2, -0.15) is 0 Å². The van der Waals surface area contributed by atoms with E-state index in [4.69, 9.17) is 16.3 Å². The molecule has 0 aromatic heterocycles. The van der Waals surface area contributed by atoms with Crippen LogP contribution in [0, 0.1) is 11.7 Å². The van der Waals surface area contributed by atoms with Crippen LogP contribution in [0.3, 0.4) is 0 Å². The fraction of sp³-hybridized carbons (Fsp3) is 0.647. The van der Waals surface area contributed by atoms with Crippen molar-refractivity contribution in [3.05, 3.63) is 34.6 Å². The Kier molecular flexibility index (Phi) is 6.46. The van der Waals surface area contributed by atoms with Crippen LogP contribution < -0.4 is 5.32 Å². The first-order valence-corrected chi connectivity index (χ1v) is 8.32. The molecule has 118 valence electrons. The molecule has 0 amide bonds. The van der Waals surface area contributed by atoms with Crippen LogP contribution in [0.25, 0.3) is 0 Å². The fourth-order valence-corrected chi connectivity index (χ4v) is 2.96. The SMILES string of the molecule is CCCNC(Cc1cc(F)ccc1Cl)C(OCC)C1CC1. The van der Waals surface area contributed by atoms with Gasteiger partial charge in [-0.15, -0.1) is 0 Å². The summed E-state index contributed by atoms with van der Waals surface area (Å²) in [5.74, 6) is 0.398. The van der Waals surface area contributed by atoms with Gasteiger partial charge in [-0.3, -0.25) is 0 Å². The second kappa shape index (κ2) is 8.11. The molecule has 2 rings (SSSR count). The van der Waals surface area contributed by atoms with Crippen LogP contribution >= 0.6 is 11.6 Å². The minimum Gasteiger partial charge on any atom is -0.377 e. The van der Waals surface area contributed by atoms with Crippen molar-refractivity contribution in [1.29, 1.82) is 0 Å². The summed E-state index contributed by atoms with van der Waals surface area (Å²) < 4.78 is 19.4. The van der Waals surface area contributed by atoms with Crippen molar-refractivity contribution in [2.24, 2.45) is 5.92 Å². The van der Waals surface area contributed by atoms with Crippen LogP contribution in [-0.2, 0) is 11.2 Å². The summed E-state index contributed by atoms with van der Waals surface area (Å²) in [5, 5.41) is 4.20. The van der Waals surface area contributed by atoms with E-state index in [2.05, 4.69) is 12.2 Å². The van der Waals surface area contributed by atoms with Gasteiger partial charge in [-0.25, -0.2) is 4.39 Å². The Labute approximate surface area is 132 Å². The molecule has 1 fully saturated rings. The van der Waals surface area contributed by atoms with Crippen molar-refractivity contribution in [2.45, 2.75) is 51.7 Å². The number of ether oxygens (including phenoxy) is 1. The van der Waals surface area contributed by atoms with E-state index in [0.29, 0.717) is 24.0 Å². The Morgan fingerprint density at radius 2 is 2.14 bits per heavy atom. The third kappa shape index (κ3) is 4.94. The van der Waals surface area contributed by atoms with Crippen molar-refractivity contribution in [3.8, 4) is 0 Å². The van der Waals surface area contributed by atoms with Crippen molar-refractivity contribution in [2.75, 3.05) is 13.2 Å². The van der Waals surface area contributed by atoms with E-state index in [9.17, 15) is 4.39 Å². The van der Waals surface area contributed by atoms with E-state index in [-0.39, 0.29) is 18.0 Å². The Bertz CT molecular complexity index is 450. The Morgan fingerprint density at radius 1 is 1.38 bits per heavy atom. The monoisotopic (exact) mass is 313 g/mol. The number of nitrogens with one attached hydrogen (secondary N) is 1. The van der Waals surface area contributed by atoms with E-state index in [1.165, 1.54) is 18.9 Å². The third-order valence-corrected chi connectivity index (χ3v) is 4.32. The number of benzene rings is 1. The molecule has 1 saturated carbocycles. The van der Waals surface area contributed by atoms with E-state index in [1.807, 2.05) is 6.92 Å². The standard InChI is InChI=1S/C17H25ClFNO/c1-3-9-20-16(17(21-4-2)12-5-6-12)11-13-10-14(19)7-8-15(13)18/h7-8,10,12,16-17,20H,3-6,9,11H2,1-2H3. The van der Waals surface area contributed by atoms with Gasteiger partial charge in [0.15, 0.2) is 0 Å². The van der Waals surface area contributed by atoms with Gasteiger partial charge in [-0.1, -0.05) is 18.5 Å². The van der Waals surface area contributed by atoms with Crippen LogP contribution in [0.4, 0.5) is 4.39 Å². The smallest absolute Gasteiger partial charge is 0.123 e. The summed E-state index contributed by atoms with van der Waals surface area (Å²) in [6.45, 7) is 5.82. The molecule has 1 aliphatic rings. The lowest BCUT2D eigenvalue weighted by molar-refractivity contribution is 0.0192. The molecule has 4 heteroatoms. The first-order valence-electron chi connectivity index (χ1n) is 7.94. The molecule has 1 aromatic rings. The van der Waals surface area contributed by atoms with Gasteiger partial charge in [0.05, 0.1) is 6.10 Å². The van der Waals surface area contributed by atoms with Crippen molar-refractivity contribution >= 4 is 11.6 Å². The highest BCUT2D eigenvalue weighted by Crippen LogP contribution is 2.37. The molecule has 1 aromatic carbocycles. The van der Waals surface area contributed by atoms with Crippen molar-refractivity contribution in [3.63, 3.8) is 0 Å². The minimum absolute atomic E-state index is 0.191. The van der Waals surface area contributed by atoms with E-state index >= 15 is 0 Å². The zero-order valence-electron chi connectivity index (χ0n) is 12.9. The third-order valence-electron chi connectivity index (χ3n) is 3.95. The maximum atomic E-state index is 13.5. The average molecular weight is 314 g/mol. The Balaban J connectivity index is 2.12. The molecular weight excluding hydrogens is 289 g/mol. The molecule has 2 unspecified atom stereocenters. The largest absolute Gasteiger partial charge is 0.377 e. The van der Waals surface area contributed by atoms with Gasteiger partial charge in [0.2, 0.25) is 0 Å². The van der Waals surface area contributed by atoms with Crippen LogP contribution in [0.5, 0.6) is 0 Å². The summed E-state index contributed by atoms with van der Waals surface area (Å²) in [4.78, 5) is 0. The highest BCUT2D eigenvalue weighted by atomic mass is 35.5. The summed E-state index contributed by atoms with van der Waals surface area (Å²) in [7, 11) is 0. The molecule has 1 N–H and O–H groups in total. The zero-order valence-corrected chi connectivity index (χ0v) is 13.6. The summed E-state index contributed by atoms with van der Waals surface area (Å²) >= 11 is 6.22. The fourth-order valence-electron chi connectivity index (χ4n) is 2.77. The highest BCUT2D eigenvalue weighted by Gasteiger charge is 2.37. The lowest BCUT2D eigenvalue weighted by Crippen LogP contribution is -2.44. The number of hydrogen-bond donors (Lipinski definition) is 1. The van der Waals surface area contributed by atoms with Crippen LogP contribution in [0.2, 0.25) is 5.02 Å². The van der Waals surface area contributed by atoms with E-state index in [0.717, 1.165) is 18.5 Å². The van der Waals surface area contributed by atoms with Crippen molar-refractivity contribution in [1.82, 2.24) is 5.32 Å². The lowest BCUT2D eigenvalue weighted by Gasteiger charge is -2.28. The average Bonchev–Trinajstić information content (AvgIpc) is 3.29. The molecule has 0 radical (unpaired) electrons. The lowest BCUT2D eigenvalue weighted by atomic mass is 9.97. The zero-order chi connectivity index (χ0) is 15.2. The summed E-state index contributed by atoms with van der Waals surface area (Å²) in [6.07, 6.45) is 4.42. The second-order valence-corrected chi connectivity index (χ2v) is 6.17. The molecule has 0 saturated heterocycles. The number of halogens is 2. The molecular formula is C17H25ClFNO. The molecule has 0 aliphatic heterocycles. The first kappa shape index (κ1) is 16.7. The quantitative estimate of drug-likeness (QED) is 0.737. The van der Waals surface area contributed by atoms with Gasteiger partial charge in [0.25, 0.3) is 0 Å². The normalized spacial score (nSPS) is 17.7. The maximum absolute atomic E-state index is 13.5. The van der Waals surface area contributed by atoms with Gasteiger partial charge in [0.1, 0.15) is 5.82 Å². The summed E-state index contributed by atoms with van der Waals surface area (Å²) in [5.41, 5.74) is 0.857. The van der Waals surface area contributed by atoms with Crippen molar-refractivity contribution < 1.29 is 9.13 Å². The topological polar surface area (TPSA) is 21.3 Å². The number of rotatable bonds is 9. The van der Waals surface area contributed by atoms with Gasteiger partial charge >= 0.3 is 0 Å². The summed E-state index contributed by atoms with van der Waals surface area (Å²) in [6, 6.07) is 4.77. The second-order valence-electron chi connectivity index (χ2n) is 5.76. The molecule has 0 heterocycles. The molecule has 1 aliphatic carbocycles. The molecule has 21 heavy (non-hydrogen) atoms. The maximum Gasteiger partial charge on any atom is 0.123 e. The molecule has 2 nitrogen and oxygen atoms in total. The van der Waals surface area contributed by atoms with Gasteiger partial charge in [0, 0.05) is 17.7 Å². The first-order chi connectivity index (χ1) is 10.2. The highest BCUT2D eigenvalue weighted by molar-refractivity contribution is 6.31.